The third-order valence-corrected chi connectivity index (χ3v) is 8.34. The maximum absolute atomic E-state index is 11.9. The third kappa shape index (κ3) is 4.16. The molecular formula is C10H11Br2NOS3. The first-order valence-electron chi connectivity index (χ1n) is 5.09. The smallest absolute Gasteiger partial charge is 0.261 e. The van der Waals surface area contributed by atoms with E-state index >= 15 is 0 Å². The molecule has 0 aliphatic carbocycles. The highest BCUT2D eigenvalue weighted by Gasteiger charge is 2.17. The summed E-state index contributed by atoms with van der Waals surface area (Å²) < 4.78 is 1.90. The van der Waals surface area contributed by atoms with Crippen molar-refractivity contribution in [2.24, 2.45) is 0 Å². The van der Waals surface area contributed by atoms with Crippen molar-refractivity contribution in [3.63, 3.8) is 0 Å². The van der Waals surface area contributed by atoms with Crippen LogP contribution < -0.4 is 5.32 Å². The molecule has 1 N–H and O–H groups in total. The second-order valence-electron chi connectivity index (χ2n) is 3.51. The molecule has 0 radical (unpaired) electrons. The van der Waals surface area contributed by atoms with Crippen LogP contribution in [0.15, 0.2) is 14.3 Å². The maximum Gasteiger partial charge on any atom is 0.261 e. The van der Waals surface area contributed by atoms with Crippen molar-refractivity contribution < 1.29 is 4.79 Å². The molecule has 1 aliphatic rings. The lowest BCUT2D eigenvalue weighted by atomic mass is 10.4. The van der Waals surface area contributed by atoms with Crippen molar-refractivity contribution in [2.75, 3.05) is 23.8 Å². The van der Waals surface area contributed by atoms with Crippen molar-refractivity contribution >= 4 is 72.6 Å². The Hall–Kier alpha value is 0.830. The van der Waals surface area contributed by atoms with E-state index in [9.17, 15) is 4.79 Å². The summed E-state index contributed by atoms with van der Waals surface area (Å²) in [7, 11) is 0. The van der Waals surface area contributed by atoms with Crippen molar-refractivity contribution in [3.05, 3.63) is 19.2 Å². The second-order valence-corrected chi connectivity index (χ2v) is 9.29. The van der Waals surface area contributed by atoms with Gasteiger partial charge in [0.15, 0.2) is 0 Å². The van der Waals surface area contributed by atoms with Gasteiger partial charge in [-0.05, 0) is 37.9 Å². The van der Waals surface area contributed by atoms with Crippen molar-refractivity contribution in [1.29, 1.82) is 0 Å². The quantitative estimate of drug-likeness (QED) is 0.811. The van der Waals surface area contributed by atoms with Gasteiger partial charge in [-0.15, -0.1) is 11.3 Å². The van der Waals surface area contributed by atoms with E-state index in [0.29, 0.717) is 5.25 Å². The summed E-state index contributed by atoms with van der Waals surface area (Å²) in [4.78, 5) is 12.6. The molecule has 1 atom stereocenters. The molecule has 1 aromatic rings. The van der Waals surface area contributed by atoms with Crippen LogP contribution in [-0.4, -0.2) is 35.0 Å². The van der Waals surface area contributed by atoms with Crippen molar-refractivity contribution in [2.45, 2.75) is 5.25 Å². The van der Waals surface area contributed by atoms with Crippen LogP contribution in [0.1, 0.15) is 9.67 Å². The highest BCUT2D eigenvalue weighted by molar-refractivity contribution is 9.13. The Morgan fingerprint density at radius 3 is 2.88 bits per heavy atom. The average molecular weight is 417 g/mol. The highest BCUT2D eigenvalue weighted by Crippen LogP contribution is 2.32. The van der Waals surface area contributed by atoms with Gasteiger partial charge in [0.1, 0.15) is 0 Å². The molecule has 0 bridgehead atoms. The average Bonchev–Trinajstić information content (AvgIpc) is 2.68. The topological polar surface area (TPSA) is 29.1 Å². The van der Waals surface area contributed by atoms with Gasteiger partial charge in [0.2, 0.25) is 0 Å². The van der Waals surface area contributed by atoms with Gasteiger partial charge in [-0.1, -0.05) is 0 Å². The van der Waals surface area contributed by atoms with Crippen LogP contribution in [0.3, 0.4) is 0 Å². The normalized spacial score (nSPS) is 20.2. The fraction of sp³-hybridized carbons (Fsp3) is 0.500. The lowest BCUT2D eigenvalue weighted by molar-refractivity contribution is 0.0958. The number of carbonyl (C=O) groups is 1. The SMILES string of the molecule is O=C(NCC1CSCCS1)c1cc(Br)c(Br)s1. The Kier molecular flexibility index (Phi) is 5.73. The van der Waals surface area contributed by atoms with Crippen LogP contribution in [0.2, 0.25) is 0 Å². The molecule has 0 saturated carbocycles. The Balaban J connectivity index is 1.84. The summed E-state index contributed by atoms with van der Waals surface area (Å²) in [5.41, 5.74) is 0. The largest absolute Gasteiger partial charge is 0.350 e. The van der Waals surface area contributed by atoms with E-state index in [-0.39, 0.29) is 5.91 Å². The van der Waals surface area contributed by atoms with Gasteiger partial charge in [-0.25, -0.2) is 0 Å². The monoisotopic (exact) mass is 415 g/mol. The number of amides is 1. The van der Waals surface area contributed by atoms with Crippen LogP contribution in [0.25, 0.3) is 0 Å². The minimum atomic E-state index is 0.0255. The zero-order valence-corrected chi connectivity index (χ0v) is 14.5. The molecule has 0 spiro atoms. The van der Waals surface area contributed by atoms with Crippen LogP contribution in [-0.2, 0) is 0 Å². The molecule has 1 unspecified atom stereocenters. The first kappa shape index (κ1) is 14.2. The minimum absolute atomic E-state index is 0.0255. The van der Waals surface area contributed by atoms with Crippen LogP contribution in [0.4, 0.5) is 0 Å². The summed E-state index contributed by atoms with van der Waals surface area (Å²) in [5, 5.41) is 3.56. The van der Waals surface area contributed by atoms with E-state index in [1.807, 2.05) is 29.6 Å². The number of carbonyl (C=O) groups excluding carboxylic acids is 1. The number of nitrogens with one attached hydrogen (secondary N) is 1. The van der Waals surface area contributed by atoms with Crippen LogP contribution in [0, 0.1) is 0 Å². The van der Waals surface area contributed by atoms with Crippen LogP contribution >= 0.6 is 66.7 Å². The van der Waals surface area contributed by atoms with E-state index in [4.69, 9.17) is 0 Å². The molecular weight excluding hydrogens is 406 g/mol. The fourth-order valence-corrected chi connectivity index (χ4v) is 5.97. The van der Waals surface area contributed by atoms with E-state index < -0.39 is 0 Å². The molecule has 1 saturated heterocycles. The van der Waals surface area contributed by atoms with Crippen molar-refractivity contribution in [1.82, 2.24) is 5.32 Å². The van der Waals surface area contributed by atoms with Gasteiger partial charge in [-0.2, -0.15) is 23.5 Å². The predicted octanol–water partition coefficient (Wildman–Crippen LogP) is 3.85. The lowest BCUT2D eigenvalue weighted by Crippen LogP contribution is -2.33. The molecule has 1 aromatic heterocycles. The molecule has 94 valence electrons. The second kappa shape index (κ2) is 6.84. The predicted molar refractivity (Wildman–Crippen MR) is 85.6 cm³/mol. The number of thioether (sulfide) groups is 2. The summed E-state index contributed by atoms with van der Waals surface area (Å²) in [5.74, 6) is 3.60. The number of hydrogen-bond acceptors (Lipinski definition) is 4. The number of thiophene rings is 1. The third-order valence-electron chi connectivity index (χ3n) is 2.24. The molecule has 2 heterocycles. The number of rotatable bonds is 3. The Bertz CT molecular complexity index is 385. The Labute approximate surface area is 130 Å². The molecule has 7 heteroatoms. The number of hydrogen-bond donors (Lipinski definition) is 1. The first-order valence-corrected chi connectivity index (χ1v) is 9.70. The summed E-state index contributed by atoms with van der Waals surface area (Å²) in [6, 6.07) is 1.85. The summed E-state index contributed by atoms with van der Waals surface area (Å²) >= 11 is 12.2. The lowest BCUT2D eigenvalue weighted by Gasteiger charge is -2.20. The van der Waals surface area contributed by atoms with Crippen molar-refractivity contribution in [3.8, 4) is 0 Å². The molecule has 2 nitrogen and oxygen atoms in total. The fourth-order valence-electron chi connectivity index (χ4n) is 1.41. The first-order chi connectivity index (χ1) is 8.16. The van der Waals surface area contributed by atoms with Gasteiger partial charge in [0.05, 0.1) is 8.66 Å². The Morgan fingerprint density at radius 2 is 2.29 bits per heavy atom. The van der Waals surface area contributed by atoms with Gasteiger partial charge in [-0.3, -0.25) is 4.79 Å². The van der Waals surface area contributed by atoms with Gasteiger partial charge in [0, 0.05) is 33.5 Å². The zero-order valence-electron chi connectivity index (χ0n) is 8.87. The molecule has 17 heavy (non-hydrogen) atoms. The maximum atomic E-state index is 11.9. The van der Waals surface area contributed by atoms with E-state index in [1.165, 1.54) is 22.8 Å². The molecule has 2 rings (SSSR count). The van der Waals surface area contributed by atoms with Crippen LogP contribution in [0.5, 0.6) is 0 Å². The molecule has 0 aromatic carbocycles. The minimum Gasteiger partial charge on any atom is -0.350 e. The van der Waals surface area contributed by atoms with Gasteiger partial charge in [0.25, 0.3) is 5.91 Å². The summed E-state index contributed by atoms with van der Waals surface area (Å²) in [6.07, 6.45) is 0. The van der Waals surface area contributed by atoms with Gasteiger partial charge < -0.3 is 5.32 Å². The standard InChI is InChI=1S/C10H11Br2NOS3/c11-7-3-8(17-9(7)12)10(14)13-4-6-5-15-1-2-16-6/h3,6H,1-2,4-5H2,(H,13,14). The molecule has 1 fully saturated rings. The molecule has 1 aliphatic heterocycles. The van der Waals surface area contributed by atoms with Gasteiger partial charge >= 0.3 is 0 Å². The van der Waals surface area contributed by atoms with E-state index in [2.05, 4.69) is 37.2 Å². The summed E-state index contributed by atoms with van der Waals surface area (Å²) in [6.45, 7) is 0.767. The van der Waals surface area contributed by atoms with E-state index in [0.717, 1.165) is 25.4 Å². The number of halogens is 2. The Morgan fingerprint density at radius 1 is 1.47 bits per heavy atom. The zero-order chi connectivity index (χ0) is 12.3. The van der Waals surface area contributed by atoms with E-state index in [1.54, 1.807) is 0 Å². The molecule has 1 amide bonds. The highest BCUT2D eigenvalue weighted by atomic mass is 79.9.